The van der Waals surface area contributed by atoms with Crippen LogP contribution in [0.3, 0.4) is 0 Å². The summed E-state index contributed by atoms with van der Waals surface area (Å²) >= 11 is 0. The molecule has 0 saturated carbocycles. The highest BCUT2D eigenvalue weighted by Gasteiger charge is 2.17. The van der Waals surface area contributed by atoms with Crippen LogP contribution in [0.25, 0.3) is 11.5 Å². The van der Waals surface area contributed by atoms with Gasteiger partial charge in [-0.05, 0) is 30.6 Å². The SMILES string of the molecule is CCN(CCCn1ccnc1)C(=O)Oc1cc(-c2ccco2)on1. The molecule has 126 valence electrons. The lowest BCUT2D eigenvalue weighted by Gasteiger charge is -2.19. The summed E-state index contributed by atoms with van der Waals surface area (Å²) < 4.78 is 17.5. The third-order valence-corrected chi connectivity index (χ3v) is 3.49. The molecule has 0 spiro atoms. The second-order valence-electron chi connectivity index (χ2n) is 5.11. The molecule has 8 nitrogen and oxygen atoms in total. The van der Waals surface area contributed by atoms with Gasteiger partial charge in [-0.1, -0.05) is 0 Å². The van der Waals surface area contributed by atoms with Crippen molar-refractivity contribution in [1.29, 1.82) is 0 Å². The van der Waals surface area contributed by atoms with Crippen molar-refractivity contribution in [3.8, 4) is 17.4 Å². The number of aromatic nitrogens is 3. The average molecular weight is 330 g/mol. The first-order chi connectivity index (χ1) is 11.8. The van der Waals surface area contributed by atoms with E-state index in [0.717, 1.165) is 13.0 Å². The summed E-state index contributed by atoms with van der Waals surface area (Å²) in [6.07, 6.45) is 7.24. The fourth-order valence-corrected chi connectivity index (χ4v) is 2.24. The topological polar surface area (TPSA) is 86.5 Å². The molecular weight excluding hydrogens is 312 g/mol. The zero-order chi connectivity index (χ0) is 16.8. The first-order valence-corrected chi connectivity index (χ1v) is 7.69. The number of rotatable bonds is 7. The van der Waals surface area contributed by atoms with Crippen LogP contribution in [0.2, 0.25) is 0 Å². The van der Waals surface area contributed by atoms with Gasteiger partial charge in [-0.25, -0.2) is 9.78 Å². The number of carbonyl (C=O) groups excluding carboxylic acids is 1. The molecule has 0 unspecified atom stereocenters. The molecule has 3 aromatic heterocycles. The van der Waals surface area contributed by atoms with Crippen LogP contribution in [0.1, 0.15) is 13.3 Å². The van der Waals surface area contributed by atoms with Crippen molar-refractivity contribution in [2.75, 3.05) is 13.1 Å². The molecule has 0 N–H and O–H groups in total. The van der Waals surface area contributed by atoms with E-state index in [1.165, 1.54) is 12.3 Å². The number of furan rings is 1. The monoisotopic (exact) mass is 330 g/mol. The van der Waals surface area contributed by atoms with Gasteiger partial charge < -0.3 is 23.1 Å². The Morgan fingerprint density at radius 3 is 3.04 bits per heavy atom. The van der Waals surface area contributed by atoms with E-state index in [9.17, 15) is 4.79 Å². The standard InChI is InChI=1S/C16H18N4O4/c1-2-20(8-4-7-19-9-6-17-12-19)16(21)23-15-11-14(24-18-15)13-5-3-10-22-13/h3,5-6,9-12H,2,4,7-8H2,1H3. The number of imidazole rings is 1. The minimum absolute atomic E-state index is 0.111. The summed E-state index contributed by atoms with van der Waals surface area (Å²) in [4.78, 5) is 17.8. The van der Waals surface area contributed by atoms with E-state index < -0.39 is 6.09 Å². The third-order valence-electron chi connectivity index (χ3n) is 3.49. The number of aryl methyl sites for hydroxylation is 1. The molecule has 0 atom stereocenters. The van der Waals surface area contributed by atoms with Crippen molar-refractivity contribution in [2.45, 2.75) is 19.9 Å². The van der Waals surface area contributed by atoms with Crippen LogP contribution >= 0.6 is 0 Å². The van der Waals surface area contributed by atoms with Gasteiger partial charge in [0.25, 0.3) is 5.88 Å². The lowest BCUT2D eigenvalue weighted by Crippen LogP contribution is -2.34. The number of ether oxygens (including phenoxy) is 1. The molecule has 0 aliphatic rings. The molecule has 0 saturated heterocycles. The molecule has 0 aromatic carbocycles. The highest BCUT2D eigenvalue weighted by atomic mass is 16.6. The number of hydrogen-bond acceptors (Lipinski definition) is 6. The van der Waals surface area contributed by atoms with Crippen LogP contribution in [-0.2, 0) is 6.54 Å². The van der Waals surface area contributed by atoms with Gasteiger partial charge in [-0.3, -0.25) is 0 Å². The molecule has 3 rings (SSSR count). The first-order valence-electron chi connectivity index (χ1n) is 7.69. The number of nitrogens with zero attached hydrogens (tertiary/aromatic N) is 4. The molecule has 3 aromatic rings. The van der Waals surface area contributed by atoms with Crippen molar-refractivity contribution in [3.63, 3.8) is 0 Å². The van der Waals surface area contributed by atoms with Gasteiger partial charge in [0.1, 0.15) is 0 Å². The summed E-state index contributed by atoms with van der Waals surface area (Å²) in [7, 11) is 0. The van der Waals surface area contributed by atoms with Crippen molar-refractivity contribution in [3.05, 3.63) is 43.2 Å². The molecule has 0 fully saturated rings. The Morgan fingerprint density at radius 1 is 1.42 bits per heavy atom. The highest BCUT2D eigenvalue weighted by Crippen LogP contribution is 2.24. The zero-order valence-electron chi connectivity index (χ0n) is 13.3. The van der Waals surface area contributed by atoms with Crippen LogP contribution in [0.5, 0.6) is 5.88 Å². The summed E-state index contributed by atoms with van der Waals surface area (Å²) in [5, 5.41) is 3.73. The third kappa shape index (κ3) is 3.83. The Kier molecular flexibility index (Phi) is 4.95. The minimum Gasteiger partial charge on any atom is -0.461 e. The van der Waals surface area contributed by atoms with Crippen molar-refractivity contribution < 1.29 is 18.5 Å². The van der Waals surface area contributed by atoms with E-state index >= 15 is 0 Å². The summed E-state index contributed by atoms with van der Waals surface area (Å²) in [5.74, 6) is 1.04. The molecule has 0 bridgehead atoms. The Labute approximate surface area is 138 Å². The Hall–Kier alpha value is -3.03. The summed E-state index contributed by atoms with van der Waals surface area (Å²) in [5.41, 5.74) is 0. The van der Waals surface area contributed by atoms with Crippen molar-refractivity contribution in [2.24, 2.45) is 0 Å². The first kappa shape index (κ1) is 15.9. The number of carbonyl (C=O) groups is 1. The predicted octanol–water partition coefficient (Wildman–Crippen LogP) is 3.04. The van der Waals surface area contributed by atoms with Crippen molar-refractivity contribution in [1.82, 2.24) is 19.6 Å². The van der Waals surface area contributed by atoms with E-state index in [0.29, 0.717) is 24.6 Å². The van der Waals surface area contributed by atoms with Gasteiger partial charge in [0.05, 0.1) is 18.7 Å². The largest absolute Gasteiger partial charge is 0.461 e. The number of hydrogen-bond donors (Lipinski definition) is 0. The van der Waals surface area contributed by atoms with Gasteiger partial charge in [-0.2, -0.15) is 0 Å². The normalized spacial score (nSPS) is 10.7. The van der Waals surface area contributed by atoms with Crippen LogP contribution in [0.4, 0.5) is 4.79 Å². The van der Waals surface area contributed by atoms with E-state index in [4.69, 9.17) is 13.7 Å². The van der Waals surface area contributed by atoms with Crippen molar-refractivity contribution >= 4 is 6.09 Å². The predicted molar refractivity (Wildman–Crippen MR) is 84.3 cm³/mol. The minimum atomic E-state index is -0.456. The molecule has 8 heteroatoms. The summed E-state index contributed by atoms with van der Waals surface area (Å²) in [6.45, 7) is 3.81. The molecule has 0 aliphatic heterocycles. The van der Waals surface area contributed by atoms with Gasteiger partial charge in [-0.15, -0.1) is 0 Å². The smallest absolute Gasteiger partial charge is 0.416 e. The Bertz CT molecular complexity index is 749. The lowest BCUT2D eigenvalue weighted by molar-refractivity contribution is 0.149. The molecule has 3 heterocycles. The molecule has 0 aliphatic carbocycles. The average Bonchev–Trinajstić information content (AvgIpc) is 3.32. The Balaban J connectivity index is 1.52. The second-order valence-corrected chi connectivity index (χ2v) is 5.11. The molecular formula is C16H18N4O4. The van der Waals surface area contributed by atoms with Gasteiger partial charge >= 0.3 is 6.09 Å². The van der Waals surface area contributed by atoms with Crippen LogP contribution < -0.4 is 4.74 Å². The molecule has 24 heavy (non-hydrogen) atoms. The second kappa shape index (κ2) is 7.49. The highest BCUT2D eigenvalue weighted by molar-refractivity contribution is 5.70. The van der Waals surface area contributed by atoms with Gasteiger partial charge in [0.15, 0.2) is 5.76 Å². The van der Waals surface area contributed by atoms with E-state index in [1.54, 1.807) is 29.6 Å². The molecule has 1 amide bonds. The lowest BCUT2D eigenvalue weighted by atomic mass is 10.3. The van der Waals surface area contributed by atoms with Crippen LogP contribution in [-0.4, -0.2) is 38.8 Å². The maximum absolute atomic E-state index is 12.2. The Morgan fingerprint density at radius 2 is 2.33 bits per heavy atom. The van der Waals surface area contributed by atoms with E-state index in [1.807, 2.05) is 17.7 Å². The van der Waals surface area contributed by atoms with E-state index in [2.05, 4.69) is 10.1 Å². The van der Waals surface area contributed by atoms with Gasteiger partial charge in [0.2, 0.25) is 5.76 Å². The summed E-state index contributed by atoms with van der Waals surface area (Å²) in [6, 6.07) is 5.00. The number of amides is 1. The molecule has 0 radical (unpaired) electrons. The van der Waals surface area contributed by atoms with E-state index in [-0.39, 0.29) is 5.88 Å². The maximum atomic E-state index is 12.2. The quantitative estimate of drug-likeness (QED) is 0.662. The van der Waals surface area contributed by atoms with Gasteiger partial charge in [0, 0.05) is 32.0 Å². The van der Waals surface area contributed by atoms with Crippen LogP contribution in [0, 0.1) is 0 Å². The van der Waals surface area contributed by atoms with Crippen LogP contribution in [0.15, 0.2) is 52.1 Å². The zero-order valence-corrected chi connectivity index (χ0v) is 13.3. The fourth-order valence-electron chi connectivity index (χ4n) is 2.24. The maximum Gasteiger partial charge on any atom is 0.416 e. The fraction of sp³-hybridized carbons (Fsp3) is 0.312.